The summed E-state index contributed by atoms with van der Waals surface area (Å²) in [4.78, 5) is 0. The molecule has 6 heteroatoms. The minimum atomic E-state index is -4.97. The van der Waals surface area contributed by atoms with Crippen LogP contribution in [-0.4, -0.2) is 6.36 Å². The van der Waals surface area contributed by atoms with Crippen molar-refractivity contribution in [2.24, 2.45) is 0 Å². The first-order valence-electron chi connectivity index (χ1n) is 11.2. The van der Waals surface area contributed by atoms with Gasteiger partial charge in [0.25, 0.3) is 0 Å². The zero-order chi connectivity index (χ0) is 25.0. The summed E-state index contributed by atoms with van der Waals surface area (Å²) in [5.74, 6) is -2.35. The van der Waals surface area contributed by atoms with E-state index in [0.29, 0.717) is 16.5 Å². The summed E-state index contributed by atoms with van der Waals surface area (Å²) in [6, 6.07) is 20.6. The smallest absolute Gasteiger partial charge is 0.403 e. The number of allylic oxidation sites excluding steroid dienone is 1. The first kappa shape index (κ1) is 24.5. The highest BCUT2D eigenvalue weighted by Gasteiger charge is 2.32. The van der Waals surface area contributed by atoms with E-state index in [1.165, 1.54) is 11.6 Å². The van der Waals surface area contributed by atoms with Crippen LogP contribution in [0, 0.1) is 11.6 Å². The van der Waals surface area contributed by atoms with Gasteiger partial charge in [0.2, 0.25) is 0 Å². The molecule has 0 N–H and O–H groups in total. The molecule has 4 aromatic carbocycles. The molecule has 0 aliphatic rings. The van der Waals surface area contributed by atoms with E-state index in [1.54, 1.807) is 12.1 Å². The zero-order valence-corrected chi connectivity index (χ0v) is 18.8. The number of hydrogen-bond acceptors (Lipinski definition) is 1. The van der Waals surface area contributed by atoms with Crippen LogP contribution in [0.2, 0.25) is 0 Å². The van der Waals surface area contributed by atoms with Crippen molar-refractivity contribution in [3.05, 3.63) is 114 Å². The van der Waals surface area contributed by atoms with Crippen LogP contribution in [0.3, 0.4) is 0 Å². The predicted octanol–water partition coefficient (Wildman–Crippen LogP) is 8.59. The molecule has 0 saturated heterocycles. The summed E-state index contributed by atoms with van der Waals surface area (Å²) in [5.41, 5.74) is 4.15. The number of rotatable bonds is 8. The van der Waals surface area contributed by atoms with E-state index in [2.05, 4.69) is 35.6 Å². The number of hydrogen-bond donors (Lipinski definition) is 0. The van der Waals surface area contributed by atoms with Crippen molar-refractivity contribution in [1.82, 2.24) is 0 Å². The molecule has 0 aliphatic carbocycles. The third-order valence-corrected chi connectivity index (χ3v) is 5.86. The molecule has 0 amide bonds. The molecular weight excluding hydrogens is 459 g/mol. The monoisotopic (exact) mass is 482 g/mol. The molecule has 0 atom stereocenters. The molecule has 0 fully saturated rings. The molecule has 0 aromatic heterocycles. The Kier molecular flexibility index (Phi) is 7.20. The quantitative estimate of drug-likeness (QED) is 0.181. The molecule has 0 bridgehead atoms. The normalized spacial score (nSPS) is 11.6. The highest BCUT2D eigenvalue weighted by Crippen LogP contribution is 2.29. The number of aryl methyl sites for hydroxylation is 3. The topological polar surface area (TPSA) is 9.23 Å². The Balaban J connectivity index is 1.49. The lowest BCUT2D eigenvalue weighted by Gasteiger charge is -2.11. The summed E-state index contributed by atoms with van der Waals surface area (Å²) in [6.07, 6.45) is -0.680. The molecule has 180 valence electrons. The molecule has 4 aromatic rings. The van der Waals surface area contributed by atoms with Crippen molar-refractivity contribution in [2.45, 2.75) is 32.0 Å². The summed E-state index contributed by atoms with van der Waals surface area (Å²) in [7, 11) is 0. The molecule has 1 nitrogen and oxygen atoms in total. The van der Waals surface area contributed by atoms with Crippen molar-refractivity contribution in [3.8, 4) is 16.9 Å². The maximum absolute atomic E-state index is 15.2. The second-order valence-electron chi connectivity index (χ2n) is 8.31. The van der Waals surface area contributed by atoms with Gasteiger partial charge in [-0.05, 0) is 77.1 Å². The molecule has 0 saturated carbocycles. The summed E-state index contributed by atoms with van der Waals surface area (Å²) in [6.45, 7) is 3.74. The highest BCUT2D eigenvalue weighted by atomic mass is 19.4. The van der Waals surface area contributed by atoms with Gasteiger partial charge in [0, 0.05) is 5.39 Å². The number of halogens is 5. The SMILES string of the molecule is C=CCCc1ccc(-c2ccc3c(F)c(CCc4ccc(OC(F)(F)F)c(F)c4)ccc3c2)cc1. The number of alkyl halides is 3. The van der Waals surface area contributed by atoms with Gasteiger partial charge < -0.3 is 4.74 Å². The van der Waals surface area contributed by atoms with Gasteiger partial charge in [0.15, 0.2) is 11.6 Å². The van der Waals surface area contributed by atoms with E-state index in [4.69, 9.17) is 0 Å². The molecule has 4 rings (SSSR count). The Hall–Kier alpha value is -3.67. The number of fused-ring (bicyclic) bond motifs is 1. The van der Waals surface area contributed by atoms with Gasteiger partial charge in [0.1, 0.15) is 5.82 Å². The van der Waals surface area contributed by atoms with Gasteiger partial charge in [-0.1, -0.05) is 60.7 Å². The Labute approximate surface area is 200 Å². The van der Waals surface area contributed by atoms with Crippen molar-refractivity contribution < 1.29 is 26.7 Å². The Morgan fingerprint density at radius 3 is 2.14 bits per heavy atom. The van der Waals surface area contributed by atoms with E-state index < -0.39 is 17.9 Å². The zero-order valence-electron chi connectivity index (χ0n) is 18.8. The Morgan fingerprint density at radius 2 is 1.46 bits per heavy atom. The molecular formula is C29H23F5O. The van der Waals surface area contributed by atoms with Gasteiger partial charge in [0.05, 0.1) is 0 Å². The molecule has 0 aliphatic heterocycles. The largest absolute Gasteiger partial charge is 0.573 e. The van der Waals surface area contributed by atoms with Crippen molar-refractivity contribution in [3.63, 3.8) is 0 Å². The first-order chi connectivity index (χ1) is 16.7. The van der Waals surface area contributed by atoms with Gasteiger partial charge in [-0.25, -0.2) is 8.78 Å². The minimum absolute atomic E-state index is 0.266. The van der Waals surface area contributed by atoms with Gasteiger partial charge in [-0.3, -0.25) is 0 Å². The fourth-order valence-corrected chi connectivity index (χ4v) is 4.03. The van der Waals surface area contributed by atoms with Crippen LogP contribution >= 0.6 is 0 Å². The van der Waals surface area contributed by atoms with Crippen LogP contribution in [0.4, 0.5) is 22.0 Å². The summed E-state index contributed by atoms with van der Waals surface area (Å²) in [5, 5.41) is 1.24. The maximum Gasteiger partial charge on any atom is 0.573 e. The minimum Gasteiger partial charge on any atom is -0.403 e. The summed E-state index contributed by atoms with van der Waals surface area (Å²) >= 11 is 0. The first-order valence-corrected chi connectivity index (χ1v) is 11.2. The van der Waals surface area contributed by atoms with Gasteiger partial charge in [-0.2, -0.15) is 0 Å². The van der Waals surface area contributed by atoms with Crippen LogP contribution < -0.4 is 4.74 Å². The maximum atomic E-state index is 15.2. The predicted molar refractivity (Wildman–Crippen MR) is 128 cm³/mol. The van der Waals surface area contributed by atoms with Gasteiger partial charge in [-0.15, -0.1) is 19.8 Å². The van der Waals surface area contributed by atoms with Crippen molar-refractivity contribution >= 4 is 10.8 Å². The Morgan fingerprint density at radius 1 is 0.743 bits per heavy atom. The van der Waals surface area contributed by atoms with Crippen LogP contribution in [0.5, 0.6) is 5.75 Å². The lowest BCUT2D eigenvalue weighted by atomic mass is 9.96. The highest BCUT2D eigenvalue weighted by molar-refractivity contribution is 5.88. The van der Waals surface area contributed by atoms with Crippen LogP contribution in [0.25, 0.3) is 21.9 Å². The van der Waals surface area contributed by atoms with Crippen LogP contribution in [0.15, 0.2) is 85.5 Å². The molecule has 0 heterocycles. The second-order valence-corrected chi connectivity index (χ2v) is 8.31. The van der Waals surface area contributed by atoms with Crippen LogP contribution in [0.1, 0.15) is 23.1 Å². The molecule has 0 unspecified atom stereocenters. The third-order valence-electron chi connectivity index (χ3n) is 5.86. The van der Waals surface area contributed by atoms with Gasteiger partial charge >= 0.3 is 6.36 Å². The Bertz CT molecular complexity index is 1340. The number of ether oxygens (including phenoxy) is 1. The summed E-state index contributed by atoms with van der Waals surface area (Å²) < 4.78 is 69.7. The van der Waals surface area contributed by atoms with E-state index in [0.717, 1.165) is 41.5 Å². The molecule has 35 heavy (non-hydrogen) atoms. The van der Waals surface area contributed by atoms with E-state index in [1.807, 2.05) is 24.3 Å². The van der Waals surface area contributed by atoms with E-state index in [-0.39, 0.29) is 18.7 Å². The fourth-order valence-electron chi connectivity index (χ4n) is 4.03. The second kappa shape index (κ2) is 10.3. The molecule has 0 radical (unpaired) electrons. The average molecular weight is 482 g/mol. The lowest BCUT2D eigenvalue weighted by molar-refractivity contribution is -0.275. The van der Waals surface area contributed by atoms with Crippen LogP contribution in [-0.2, 0) is 19.3 Å². The van der Waals surface area contributed by atoms with Crippen molar-refractivity contribution in [2.75, 3.05) is 0 Å². The number of benzene rings is 4. The third kappa shape index (κ3) is 6.07. The lowest BCUT2D eigenvalue weighted by Crippen LogP contribution is -2.18. The van der Waals surface area contributed by atoms with E-state index >= 15 is 4.39 Å². The average Bonchev–Trinajstić information content (AvgIpc) is 2.83. The van der Waals surface area contributed by atoms with E-state index in [9.17, 15) is 17.6 Å². The standard InChI is InChI=1S/C29H23F5O/c1-2-3-4-19-5-9-21(10-6-19)23-14-15-25-24(18-23)13-12-22(28(25)31)11-7-20-8-16-27(26(30)17-20)35-29(32,33)34/h2,5-6,8-10,12-18H,1,3-4,7,11H2. The van der Waals surface area contributed by atoms with Crippen molar-refractivity contribution in [1.29, 1.82) is 0 Å². The molecule has 0 spiro atoms. The fraction of sp³-hybridized carbons (Fsp3) is 0.172.